The van der Waals surface area contributed by atoms with Gasteiger partial charge in [-0.3, -0.25) is 14.5 Å². The molecule has 0 saturated heterocycles. The van der Waals surface area contributed by atoms with Crippen molar-refractivity contribution in [2.45, 2.75) is 59.4 Å². The summed E-state index contributed by atoms with van der Waals surface area (Å²) in [6.07, 6.45) is 4.56. The van der Waals surface area contributed by atoms with Crippen molar-refractivity contribution in [1.29, 1.82) is 0 Å². The summed E-state index contributed by atoms with van der Waals surface area (Å²) in [7, 11) is 0. The monoisotopic (exact) mass is 327 g/mol. The van der Waals surface area contributed by atoms with Crippen LogP contribution in [0.3, 0.4) is 0 Å². The first kappa shape index (κ1) is 20.9. The molecule has 0 aliphatic rings. The summed E-state index contributed by atoms with van der Waals surface area (Å²) in [6.45, 7) is 7.86. The third-order valence-corrected chi connectivity index (χ3v) is 3.04. The highest BCUT2D eigenvalue weighted by Gasteiger charge is 2.25. The van der Waals surface area contributed by atoms with E-state index in [2.05, 4.69) is 22.8 Å². The fourth-order valence-electron chi connectivity index (χ4n) is 2.06. The molecular weight excluding hydrogens is 298 g/mol. The van der Waals surface area contributed by atoms with Gasteiger partial charge in [0.25, 0.3) is 0 Å². The van der Waals surface area contributed by atoms with Crippen molar-refractivity contribution in [3.63, 3.8) is 0 Å². The van der Waals surface area contributed by atoms with Crippen molar-refractivity contribution in [3.8, 4) is 0 Å². The summed E-state index contributed by atoms with van der Waals surface area (Å²) in [5.41, 5.74) is 7.01. The minimum Gasteiger partial charge on any atom is -0.350 e. The van der Waals surface area contributed by atoms with Crippen molar-refractivity contribution in [1.82, 2.24) is 15.6 Å². The molecule has 132 valence electrons. The van der Waals surface area contributed by atoms with Crippen LogP contribution in [0.2, 0.25) is 0 Å². The molecule has 0 heterocycles. The smallest absolute Gasteiger partial charge is 0.332 e. The maximum Gasteiger partial charge on any atom is 0.332 e. The van der Waals surface area contributed by atoms with Gasteiger partial charge >= 0.3 is 6.03 Å². The number of hydrogen-bond acceptors (Lipinski definition) is 4. The molecule has 4 N–H and O–H groups in total. The van der Waals surface area contributed by atoms with Crippen LogP contribution in [0.4, 0.5) is 4.79 Å². The molecule has 0 fully saturated rings. The molecular formula is C15H29N5O3. The van der Waals surface area contributed by atoms with Crippen molar-refractivity contribution in [2.24, 2.45) is 16.8 Å². The fraction of sp³-hybridized carbons (Fsp3) is 0.733. The second-order valence-corrected chi connectivity index (χ2v) is 5.84. The van der Waals surface area contributed by atoms with Crippen LogP contribution in [-0.2, 0) is 9.59 Å². The second kappa shape index (κ2) is 11.4. The number of carbonyl (C=O) groups excluding carboxylic acids is 3. The van der Waals surface area contributed by atoms with Gasteiger partial charge in [0.1, 0.15) is 12.4 Å². The van der Waals surface area contributed by atoms with Gasteiger partial charge < -0.3 is 11.1 Å². The Hall–Kier alpha value is -2.12. The van der Waals surface area contributed by atoms with Crippen LogP contribution in [0.5, 0.6) is 0 Å². The minimum absolute atomic E-state index is 0.244. The van der Waals surface area contributed by atoms with Gasteiger partial charge in [0, 0.05) is 13.5 Å². The predicted octanol–water partition coefficient (Wildman–Crippen LogP) is 1.17. The molecule has 0 aromatic rings. The molecule has 4 amide bonds. The average Bonchev–Trinajstić information content (AvgIpc) is 2.43. The molecule has 0 aromatic carbocycles. The van der Waals surface area contributed by atoms with E-state index in [9.17, 15) is 14.4 Å². The normalized spacial score (nSPS) is 12.2. The SMILES string of the molecule is CCCCCN(/C=N/NC(N)=O)C(=O)[C@H](CC(C)C)NC(C)=O. The number of urea groups is 1. The molecule has 0 aromatic heterocycles. The first-order valence-corrected chi connectivity index (χ1v) is 7.94. The molecule has 0 spiro atoms. The summed E-state index contributed by atoms with van der Waals surface area (Å²) in [6, 6.07) is -1.42. The van der Waals surface area contributed by atoms with E-state index in [0.29, 0.717) is 13.0 Å². The molecule has 0 unspecified atom stereocenters. The number of carbonyl (C=O) groups is 3. The lowest BCUT2D eigenvalue weighted by atomic mass is 10.0. The molecule has 0 bridgehead atoms. The van der Waals surface area contributed by atoms with E-state index >= 15 is 0 Å². The molecule has 0 aliphatic carbocycles. The van der Waals surface area contributed by atoms with Crippen LogP contribution >= 0.6 is 0 Å². The standard InChI is InChI=1S/C15H29N5O3/c1-5-6-7-8-20(10-17-19-15(16)23)14(22)13(9-11(2)3)18-12(4)21/h10-11,13H,5-9H2,1-4H3,(H,18,21)(H3,16,19,23)/b17-10+/t13-/m0/s1. The quantitative estimate of drug-likeness (QED) is 0.242. The molecule has 0 aliphatic heterocycles. The van der Waals surface area contributed by atoms with Crippen LogP contribution in [0, 0.1) is 5.92 Å². The number of nitrogens with one attached hydrogen (secondary N) is 2. The van der Waals surface area contributed by atoms with Crippen molar-refractivity contribution >= 4 is 24.2 Å². The molecule has 0 rings (SSSR count). The van der Waals surface area contributed by atoms with Crippen molar-refractivity contribution < 1.29 is 14.4 Å². The van der Waals surface area contributed by atoms with Gasteiger partial charge in [-0.05, 0) is 18.8 Å². The number of rotatable bonds is 10. The first-order valence-electron chi connectivity index (χ1n) is 7.94. The topological polar surface area (TPSA) is 117 Å². The highest BCUT2D eigenvalue weighted by atomic mass is 16.2. The number of nitrogens with zero attached hydrogens (tertiary/aromatic N) is 2. The van der Waals surface area contributed by atoms with Crippen LogP contribution in [0.15, 0.2) is 5.10 Å². The lowest BCUT2D eigenvalue weighted by Crippen LogP contribution is -2.48. The van der Waals surface area contributed by atoms with Crippen LogP contribution in [0.1, 0.15) is 53.4 Å². The van der Waals surface area contributed by atoms with Crippen molar-refractivity contribution in [3.05, 3.63) is 0 Å². The molecule has 8 nitrogen and oxygen atoms in total. The van der Waals surface area contributed by atoms with Crippen molar-refractivity contribution in [2.75, 3.05) is 6.54 Å². The Morgan fingerprint density at radius 1 is 1.26 bits per heavy atom. The Labute approximate surface area is 137 Å². The Kier molecular flexibility index (Phi) is 10.4. The number of hydrogen-bond donors (Lipinski definition) is 3. The number of hydrazone groups is 1. The van der Waals surface area contributed by atoms with Crippen LogP contribution in [-0.4, -0.2) is 41.7 Å². The third kappa shape index (κ3) is 10.3. The Morgan fingerprint density at radius 3 is 2.39 bits per heavy atom. The predicted molar refractivity (Wildman–Crippen MR) is 89.5 cm³/mol. The van der Waals surface area contributed by atoms with E-state index < -0.39 is 12.1 Å². The maximum absolute atomic E-state index is 12.7. The number of unbranched alkanes of at least 4 members (excludes halogenated alkanes) is 2. The summed E-state index contributed by atoms with van der Waals surface area (Å²) < 4.78 is 0. The lowest BCUT2D eigenvalue weighted by Gasteiger charge is -2.25. The van der Waals surface area contributed by atoms with E-state index in [1.54, 1.807) is 0 Å². The number of amides is 4. The number of nitrogens with two attached hydrogens (primary N) is 1. The summed E-state index contributed by atoms with van der Waals surface area (Å²) in [4.78, 5) is 36.1. The third-order valence-electron chi connectivity index (χ3n) is 3.04. The Balaban J connectivity index is 5.03. The van der Waals surface area contributed by atoms with Gasteiger partial charge in [-0.1, -0.05) is 33.6 Å². The Morgan fingerprint density at radius 2 is 1.91 bits per heavy atom. The molecule has 1 atom stereocenters. The molecule has 23 heavy (non-hydrogen) atoms. The van der Waals surface area contributed by atoms with Crippen LogP contribution in [0.25, 0.3) is 0 Å². The van der Waals surface area contributed by atoms with E-state index in [1.807, 2.05) is 13.8 Å². The van der Waals surface area contributed by atoms with E-state index in [-0.39, 0.29) is 17.7 Å². The minimum atomic E-state index is -0.803. The molecule has 0 radical (unpaired) electrons. The first-order chi connectivity index (χ1) is 10.8. The van der Waals surface area contributed by atoms with E-state index in [1.165, 1.54) is 18.2 Å². The molecule has 0 saturated carbocycles. The molecule has 8 heteroatoms. The zero-order chi connectivity index (χ0) is 17.8. The van der Waals surface area contributed by atoms with Gasteiger partial charge in [-0.25, -0.2) is 10.2 Å². The van der Waals surface area contributed by atoms with E-state index in [4.69, 9.17) is 5.73 Å². The van der Waals surface area contributed by atoms with Gasteiger partial charge in [0.05, 0.1) is 0 Å². The lowest BCUT2D eigenvalue weighted by molar-refractivity contribution is -0.133. The average molecular weight is 327 g/mol. The summed E-state index contributed by atoms with van der Waals surface area (Å²) in [5.74, 6) is -0.265. The fourth-order valence-corrected chi connectivity index (χ4v) is 2.06. The zero-order valence-corrected chi connectivity index (χ0v) is 14.5. The zero-order valence-electron chi connectivity index (χ0n) is 14.5. The van der Waals surface area contributed by atoms with Gasteiger partial charge in [-0.15, -0.1) is 0 Å². The number of primary amides is 1. The largest absolute Gasteiger partial charge is 0.350 e. The summed E-state index contributed by atoms with van der Waals surface area (Å²) in [5, 5.41) is 6.33. The van der Waals surface area contributed by atoms with Gasteiger partial charge in [0.2, 0.25) is 11.8 Å². The maximum atomic E-state index is 12.7. The van der Waals surface area contributed by atoms with Gasteiger partial charge in [-0.2, -0.15) is 5.10 Å². The van der Waals surface area contributed by atoms with Crippen LogP contribution < -0.4 is 16.5 Å². The highest BCUT2D eigenvalue weighted by molar-refractivity contribution is 5.94. The van der Waals surface area contributed by atoms with Gasteiger partial charge in [0.15, 0.2) is 0 Å². The highest BCUT2D eigenvalue weighted by Crippen LogP contribution is 2.09. The second-order valence-electron chi connectivity index (χ2n) is 5.84. The Bertz CT molecular complexity index is 423. The summed E-state index contributed by atoms with van der Waals surface area (Å²) >= 11 is 0. The van der Waals surface area contributed by atoms with E-state index in [0.717, 1.165) is 19.3 Å².